The van der Waals surface area contributed by atoms with Crippen LogP contribution >= 0.6 is 0 Å². The molecule has 0 saturated heterocycles. The normalized spacial score (nSPS) is 11.9. The van der Waals surface area contributed by atoms with Gasteiger partial charge in [-0.15, -0.1) is 0 Å². The summed E-state index contributed by atoms with van der Waals surface area (Å²) in [4.78, 5) is 0. The highest BCUT2D eigenvalue weighted by Crippen LogP contribution is 2.30. The summed E-state index contributed by atoms with van der Waals surface area (Å²) in [7, 11) is 0. The molecule has 0 radical (unpaired) electrons. The Balaban J connectivity index is 1.71. The van der Waals surface area contributed by atoms with E-state index in [9.17, 15) is 0 Å². The molecule has 3 aromatic rings. The topological polar surface area (TPSA) is 57.6 Å². The number of hydrogen-bond acceptors (Lipinski definition) is 4. The van der Waals surface area contributed by atoms with Crippen molar-refractivity contribution >= 4 is 0 Å². The Labute approximate surface area is 148 Å². The Hall–Kier alpha value is -2.72. The summed E-state index contributed by atoms with van der Waals surface area (Å²) >= 11 is 0. The molecule has 0 aliphatic carbocycles. The molecule has 0 aliphatic heterocycles. The maximum absolute atomic E-state index is 6.20. The van der Waals surface area contributed by atoms with E-state index in [0.717, 1.165) is 28.4 Å². The van der Waals surface area contributed by atoms with Gasteiger partial charge in [-0.25, -0.2) is 0 Å². The van der Waals surface area contributed by atoms with Gasteiger partial charge in [-0.05, 0) is 48.7 Å². The summed E-state index contributed by atoms with van der Waals surface area (Å²) in [5.74, 6) is 2.26. The maximum Gasteiger partial charge on any atom is 0.161 e. The smallest absolute Gasteiger partial charge is 0.161 e. The third-order valence-corrected chi connectivity index (χ3v) is 3.91. The van der Waals surface area contributed by atoms with Gasteiger partial charge in [0.2, 0.25) is 0 Å². The summed E-state index contributed by atoms with van der Waals surface area (Å²) in [6, 6.07) is 19.6. The number of benzene rings is 2. The Kier molecular flexibility index (Phi) is 5.75. The first-order chi connectivity index (χ1) is 12.3. The average Bonchev–Trinajstić information content (AvgIpc) is 3.17. The van der Waals surface area contributed by atoms with Gasteiger partial charge in [0, 0.05) is 0 Å². The van der Waals surface area contributed by atoms with Gasteiger partial charge in [0.15, 0.2) is 11.5 Å². The second kappa shape index (κ2) is 8.40. The van der Waals surface area contributed by atoms with E-state index in [0.29, 0.717) is 19.6 Å². The van der Waals surface area contributed by atoms with Crippen molar-refractivity contribution in [2.24, 2.45) is 5.73 Å². The molecule has 0 bridgehead atoms. The highest BCUT2D eigenvalue weighted by Gasteiger charge is 2.13. The molecule has 0 saturated carbocycles. The van der Waals surface area contributed by atoms with Crippen molar-refractivity contribution in [2.75, 3.05) is 6.61 Å². The lowest BCUT2D eigenvalue weighted by molar-refractivity contribution is 0.269. The fourth-order valence-electron chi connectivity index (χ4n) is 2.66. The first-order valence-corrected chi connectivity index (χ1v) is 8.47. The number of rotatable bonds is 8. The van der Waals surface area contributed by atoms with E-state index in [1.54, 1.807) is 6.26 Å². The number of furan rings is 1. The highest BCUT2D eigenvalue weighted by molar-refractivity contribution is 5.43. The molecule has 1 heterocycles. The molecule has 0 aliphatic rings. The Morgan fingerprint density at radius 2 is 1.76 bits per heavy atom. The summed E-state index contributed by atoms with van der Waals surface area (Å²) in [5, 5.41) is 0. The van der Waals surface area contributed by atoms with Crippen molar-refractivity contribution in [3.8, 4) is 11.5 Å². The lowest BCUT2D eigenvalue weighted by atomic mass is 10.0. The van der Waals surface area contributed by atoms with Crippen LogP contribution in [-0.2, 0) is 13.0 Å². The van der Waals surface area contributed by atoms with Crippen LogP contribution in [0.2, 0.25) is 0 Å². The summed E-state index contributed by atoms with van der Waals surface area (Å²) < 4.78 is 17.1. The van der Waals surface area contributed by atoms with Gasteiger partial charge in [0.25, 0.3) is 0 Å². The summed E-state index contributed by atoms with van der Waals surface area (Å²) in [6.07, 6.45) is 2.31. The molecular formula is C21H23NO3. The quantitative estimate of drug-likeness (QED) is 0.657. The maximum atomic E-state index is 6.20. The molecule has 0 amide bonds. The van der Waals surface area contributed by atoms with E-state index in [-0.39, 0.29) is 6.04 Å². The number of nitrogens with two attached hydrogens (primary N) is 1. The molecule has 1 aromatic heterocycles. The van der Waals surface area contributed by atoms with Gasteiger partial charge in [0.05, 0.1) is 18.9 Å². The van der Waals surface area contributed by atoms with Crippen molar-refractivity contribution in [3.63, 3.8) is 0 Å². The molecule has 1 atom stereocenters. The Morgan fingerprint density at radius 3 is 2.48 bits per heavy atom. The average molecular weight is 337 g/mol. The van der Waals surface area contributed by atoms with Crippen molar-refractivity contribution < 1.29 is 13.9 Å². The molecule has 130 valence electrons. The van der Waals surface area contributed by atoms with Crippen LogP contribution in [0.1, 0.15) is 29.9 Å². The molecule has 0 spiro atoms. The molecule has 25 heavy (non-hydrogen) atoms. The Morgan fingerprint density at radius 1 is 0.920 bits per heavy atom. The van der Waals surface area contributed by atoms with Gasteiger partial charge in [-0.3, -0.25) is 0 Å². The molecule has 2 N–H and O–H groups in total. The number of hydrogen-bond donors (Lipinski definition) is 1. The van der Waals surface area contributed by atoms with Gasteiger partial charge >= 0.3 is 0 Å². The number of ether oxygens (including phenoxy) is 2. The molecule has 0 fully saturated rings. The molecule has 4 heteroatoms. The monoisotopic (exact) mass is 337 g/mol. The van der Waals surface area contributed by atoms with E-state index in [1.807, 2.05) is 67.6 Å². The van der Waals surface area contributed by atoms with E-state index in [2.05, 4.69) is 0 Å². The first kappa shape index (κ1) is 17.1. The van der Waals surface area contributed by atoms with Crippen LogP contribution in [0.25, 0.3) is 0 Å². The van der Waals surface area contributed by atoms with Crippen LogP contribution in [0.3, 0.4) is 0 Å². The van der Waals surface area contributed by atoms with Crippen LogP contribution in [0.5, 0.6) is 11.5 Å². The summed E-state index contributed by atoms with van der Waals surface area (Å²) in [5.41, 5.74) is 8.40. The SMILES string of the molecule is CCOc1cc(CC(N)c2ccco2)ccc1OCc1ccccc1. The zero-order chi connectivity index (χ0) is 17.5. The standard InChI is InChI=1S/C21H23NO3/c1-2-23-21-14-17(13-18(22)19-9-6-12-24-19)10-11-20(21)25-15-16-7-4-3-5-8-16/h3-12,14,18H,2,13,15,22H2,1H3. The third-order valence-electron chi connectivity index (χ3n) is 3.91. The van der Waals surface area contributed by atoms with Crippen LogP contribution in [0.15, 0.2) is 71.3 Å². The van der Waals surface area contributed by atoms with E-state index >= 15 is 0 Å². The molecule has 1 unspecified atom stereocenters. The van der Waals surface area contributed by atoms with E-state index < -0.39 is 0 Å². The molecule has 4 nitrogen and oxygen atoms in total. The van der Waals surface area contributed by atoms with E-state index in [1.165, 1.54) is 0 Å². The largest absolute Gasteiger partial charge is 0.490 e. The van der Waals surface area contributed by atoms with Crippen molar-refractivity contribution in [1.29, 1.82) is 0 Å². The molecular weight excluding hydrogens is 314 g/mol. The minimum Gasteiger partial charge on any atom is -0.490 e. The second-order valence-corrected chi connectivity index (χ2v) is 5.81. The lowest BCUT2D eigenvalue weighted by Gasteiger charge is -2.15. The highest BCUT2D eigenvalue weighted by atomic mass is 16.5. The van der Waals surface area contributed by atoms with E-state index in [4.69, 9.17) is 19.6 Å². The zero-order valence-corrected chi connectivity index (χ0v) is 14.4. The van der Waals surface area contributed by atoms with Crippen molar-refractivity contribution in [2.45, 2.75) is 26.0 Å². The fraction of sp³-hybridized carbons (Fsp3) is 0.238. The van der Waals surface area contributed by atoms with Crippen molar-refractivity contribution in [3.05, 3.63) is 83.8 Å². The zero-order valence-electron chi connectivity index (χ0n) is 14.4. The van der Waals surface area contributed by atoms with Gasteiger partial charge < -0.3 is 19.6 Å². The molecule has 2 aromatic carbocycles. The van der Waals surface area contributed by atoms with Crippen LogP contribution < -0.4 is 15.2 Å². The van der Waals surface area contributed by atoms with Gasteiger partial charge in [0.1, 0.15) is 12.4 Å². The Bertz CT molecular complexity index is 769. The predicted octanol–water partition coefficient (Wildman–Crippen LogP) is 4.50. The predicted molar refractivity (Wildman–Crippen MR) is 97.7 cm³/mol. The van der Waals surface area contributed by atoms with Gasteiger partial charge in [-0.2, -0.15) is 0 Å². The first-order valence-electron chi connectivity index (χ1n) is 8.47. The minimum atomic E-state index is -0.180. The second-order valence-electron chi connectivity index (χ2n) is 5.81. The minimum absolute atomic E-state index is 0.180. The lowest BCUT2D eigenvalue weighted by Crippen LogP contribution is -2.12. The van der Waals surface area contributed by atoms with Crippen molar-refractivity contribution in [1.82, 2.24) is 0 Å². The fourth-order valence-corrected chi connectivity index (χ4v) is 2.66. The third kappa shape index (κ3) is 4.64. The van der Waals surface area contributed by atoms with Gasteiger partial charge in [-0.1, -0.05) is 36.4 Å². The van der Waals surface area contributed by atoms with Crippen LogP contribution in [0.4, 0.5) is 0 Å². The molecule has 3 rings (SSSR count). The summed E-state index contributed by atoms with van der Waals surface area (Å²) in [6.45, 7) is 3.05. The van der Waals surface area contributed by atoms with Crippen LogP contribution in [-0.4, -0.2) is 6.61 Å². The van der Waals surface area contributed by atoms with Crippen LogP contribution in [0, 0.1) is 0 Å².